The summed E-state index contributed by atoms with van der Waals surface area (Å²) in [6, 6.07) is 14.4. The molecule has 26 heavy (non-hydrogen) atoms. The molecule has 4 heteroatoms. The zero-order chi connectivity index (χ0) is 18.6. The van der Waals surface area contributed by atoms with Crippen LogP contribution >= 0.6 is 11.6 Å². The summed E-state index contributed by atoms with van der Waals surface area (Å²) in [6.07, 6.45) is 9.37. The molecule has 0 heterocycles. The molecular weight excluding hydrogens is 348 g/mol. The highest BCUT2D eigenvalue weighted by atomic mass is 35.5. The molecule has 0 N–H and O–H groups in total. The molecular formula is C22H27ClO3. The van der Waals surface area contributed by atoms with Crippen LogP contribution in [0.5, 0.6) is 11.5 Å². The molecule has 0 atom stereocenters. The zero-order valence-electron chi connectivity index (χ0n) is 15.4. The largest absolute Gasteiger partial charge is 0.519 e. The lowest BCUT2D eigenvalue weighted by molar-refractivity contribution is 0.152. The van der Waals surface area contributed by atoms with E-state index < -0.39 is 6.16 Å². The number of halogens is 1. The third-order valence-corrected chi connectivity index (χ3v) is 4.54. The minimum atomic E-state index is -0.794. The fourth-order valence-electron chi connectivity index (χ4n) is 2.74. The number of hydrogen-bond acceptors (Lipinski definition) is 3. The SMILES string of the molecule is CCCCCCCCCc1ccc(OC(=O)Oc2ccccc2Cl)cc1. The van der Waals surface area contributed by atoms with Crippen LogP contribution in [0.4, 0.5) is 4.79 Å². The summed E-state index contributed by atoms with van der Waals surface area (Å²) >= 11 is 5.96. The molecule has 0 saturated carbocycles. The van der Waals surface area contributed by atoms with Gasteiger partial charge in [0.15, 0.2) is 5.75 Å². The Labute approximate surface area is 161 Å². The van der Waals surface area contributed by atoms with Gasteiger partial charge in [0.1, 0.15) is 5.75 Å². The predicted octanol–water partition coefficient (Wildman–Crippen LogP) is 7.21. The average molecular weight is 375 g/mol. The number of carbonyl (C=O) groups is 1. The number of unbranched alkanes of at least 4 members (excludes halogenated alkanes) is 6. The molecule has 3 nitrogen and oxygen atoms in total. The van der Waals surface area contributed by atoms with Gasteiger partial charge in [-0.2, -0.15) is 0 Å². The van der Waals surface area contributed by atoms with E-state index in [0.717, 1.165) is 6.42 Å². The van der Waals surface area contributed by atoms with Gasteiger partial charge in [-0.15, -0.1) is 0 Å². The summed E-state index contributed by atoms with van der Waals surface area (Å²) in [5.41, 5.74) is 1.25. The minimum absolute atomic E-state index is 0.287. The molecule has 0 aliphatic heterocycles. The first kappa shape index (κ1) is 20.3. The molecule has 0 aliphatic rings. The molecule has 2 aromatic carbocycles. The molecule has 0 fully saturated rings. The van der Waals surface area contributed by atoms with Crippen LogP contribution in [0.3, 0.4) is 0 Å². The molecule has 0 aromatic heterocycles. The van der Waals surface area contributed by atoms with Gasteiger partial charge < -0.3 is 9.47 Å². The van der Waals surface area contributed by atoms with Crippen LogP contribution in [-0.2, 0) is 6.42 Å². The fraction of sp³-hybridized carbons (Fsp3) is 0.409. The fourth-order valence-corrected chi connectivity index (χ4v) is 2.92. The lowest BCUT2D eigenvalue weighted by Gasteiger charge is -2.07. The molecule has 0 bridgehead atoms. The van der Waals surface area contributed by atoms with Gasteiger partial charge >= 0.3 is 6.16 Å². The number of rotatable bonds is 10. The van der Waals surface area contributed by atoms with Crippen molar-refractivity contribution in [3.63, 3.8) is 0 Å². The Morgan fingerprint density at radius 1 is 0.846 bits per heavy atom. The summed E-state index contributed by atoms with van der Waals surface area (Å²) in [6.45, 7) is 2.24. The van der Waals surface area contributed by atoms with E-state index in [9.17, 15) is 4.79 Å². The predicted molar refractivity (Wildman–Crippen MR) is 106 cm³/mol. The molecule has 2 aromatic rings. The number of carbonyl (C=O) groups excluding carboxylic acids is 1. The number of para-hydroxylation sites is 1. The highest BCUT2D eigenvalue weighted by Gasteiger charge is 2.10. The van der Waals surface area contributed by atoms with E-state index in [0.29, 0.717) is 10.8 Å². The van der Waals surface area contributed by atoms with E-state index in [1.54, 1.807) is 36.4 Å². The van der Waals surface area contributed by atoms with Crippen LogP contribution in [0, 0.1) is 0 Å². The maximum atomic E-state index is 11.8. The van der Waals surface area contributed by atoms with Gasteiger partial charge in [0.25, 0.3) is 0 Å². The summed E-state index contributed by atoms with van der Waals surface area (Å²) in [4.78, 5) is 11.8. The van der Waals surface area contributed by atoms with Crippen molar-refractivity contribution in [2.45, 2.75) is 58.3 Å². The van der Waals surface area contributed by atoms with Crippen molar-refractivity contribution >= 4 is 17.8 Å². The van der Waals surface area contributed by atoms with Crippen molar-refractivity contribution in [3.8, 4) is 11.5 Å². The van der Waals surface area contributed by atoms with E-state index >= 15 is 0 Å². The number of benzene rings is 2. The quantitative estimate of drug-likeness (QED) is 0.250. The Hall–Kier alpha value is -2.00. The minimum Gasteiger partial charge on any atom is -0.395 e. The van der Waals surface area contributed by atoms with E-state index in [-0.39, 0.29) is 5.75 Å². The zero-order valence-corrected chi connectivity index (χ0v) is 16.1. The third kappa shape index (κ3) is 7.49. The van der Waals surface area contributed by atoms with Crippen LogP contribution < -0.4 is 9.47 Å². The maximum Gasteiger partial charge on any atom is 0.519 e. The smallest absolute Gasteiger partial charge is 0.395 e. The van der Waals surface area contributed by atoms with Crippen molar-refractivity contribution in [1.29, 1.82) is 0 Å². The summed E-state index contributed by atoms with van der Waals surface area (Å²) in [5.74, 6) is 0.750. The number of aryl methyl sites for hydroxylation is 1. The van der Waals surface area contributed by atoms with Crippen molar-refractivity contribution in [1.82, 2.24) is 0 Å². The highest BCUT2D eigenvalue weighted by molar-refractivity contribution is 6.32. The number of hydrogen-bond donors (Lipinski definition) is 0. The summed E-state index contributed by atoms with van der Waals surface area (Å²) in [7, 11) is 0. The van der Waals surface area contributed by atoms with E-state index in [4.69, 9.17) is 21.1 Å². The summed E-state index contributed by atoms with van der Waals surface area (Å²) < 4.78 is 10.3. The van der Waals surface area contributed by atoms with Gasteiger partial charge in [-0.3, -0.25) is 0 Å². The number of ether oxygens (including phenoxy) is 2. The normalized spacial score (nSPS) is 10.5. The van der Waals surface area contributed by atoms with Crippen LogP contribution in [0.25, 0.3) is 0 Å². The van der Waals surface area contributed by atoms with Gasteiger partial charge in [-0.1, -0.05) is 81.3 Å². The second-order valence-electron chi connectivity index (χ2n) is 6.40. The third-order valence-electron chi connectivity index (χ3n) is 4.22. The molecule has 0 unspecified atom stereocenters. The lowest BCUT2D eigenvalue weighted by Crippen LogP contribution is -2.13. The van der Waals surface area contributed by atoms with Crippen molar-refractivity contribution < 1.29 is 14.3 Å². The first-order chi connectivity index (χ1) is 12.7. The topological polar surface area (TPSA) is 35.5 Å². The van der Waals surface area contributed by atoms with Gasteiger partial charge in [0.2, 0.25) is 0 Å². The molecule has 0 radical (unpaired) electrons. The average Bonchev–Trinajstić information content (AvgIpc) is 2.64. The van der Waals surface area contributed by atoms with Crippen LogP contribution in [0.1, 0.15) is 57.4 Å². The highest BCUT2D eigenvalue weighted by Crippen LogP contribution is 2.24. The van der Waals surface area contributed by atoms with Crippen LogP contribution in [0.2, 0.25) is 5.02 Å². The molecule has 0 amide bonds. The van der Waals surface area contributed by atoms with Crippen molar-refractivity contribution in [2.24, 2.45) is 0 Å². The first-order valence-electron chi connectivity index (χ1n) is 9.42. The van der Waals surface area contributed by atoms with Gasteiger partial charge in [0.05, 0.1) is 5.02 Å². The standard InChI is InChI=1S/C22H27ClO3/c1-2-3-4-5-6-7-8-11-18-14-16-19(17-15-18)25-22(24)26-21-13-10-9-12-20(21)23/h9-10,12-17H,2-8,11H2,1H3. The molecule has 0 spiro atoms. The van der Waals surface area contributed by atoms with Crippen molar-refractivity contribution in [3.05, 3.63) is 59.1 Å². The van der Waals surface area contributed by atoms with E-state index in [1.807, 2.05) is 12.1 Å². The van der Waals surface area contributed by atoms with E-state index in [2.05, 4.69) is 6.92 Å². The second-order valence-corrected chi connectivity index (χ2v) is 6.81. The van der Waals surface area contributed by atoms with Gasteiger partial charge in [0, 0.05) is 0 Å². The molecule has 0 saturated heterocycles. The van der Waals surface area contributed by atoms with Gasteiger partial charge in [-0.25, -0.2) is 4.79 Å². The molecule has 2 rings (SSSR count). The first-order valence-corrected chi connectivity index (χ1v) is 9.80. The molecule has 140 valence electrons. The monoisotopic (exact) mass is 374 g/mol. The Kier molecular flexibility index (Phi) is 9.05. The Morgan fingerprint density at radius 3 is 2.19 bits per heavy atom. The molecule has 0 aliphatic carbocycles. The second kappa shape index (κ2) is 11.6. The lowest BCUT2D eigenvalue weighted by atomic mass is 10.0. The van der Waals surface area contributed by atoms with Gasteiger partial charge in [-0.05, 0) is 42.7 Å². The Bertz CT molecular complexity index is 667. The van der Waals surface area contributed by atoms with Crippen molar-refractivity contribution in [2.75, 3.05) is 0 Å². The Balaban J connectivity index is 1.70. The van der Waals surface area contributed by atoms with Crippen LogP contribution in [0.15, 0.2) is 48.5 Å². The summed E-state index contributed by atoms with van der Waals surface area (Å²) in [5, 5.41) is 0.370. The van der Waals surface area contributed by atoms with Crippen LogP contribution in [-0.4, -0.2) is 6.16 Å². The maximum absolute atomic E-state index is 11.8. The Morgan fingerprint density at radius 2 is 1.50 bits per heavy atom. The van der Waals surface area contributed by atoms with E-state index in [1.165, 1.54) is 50.5 Å².